The molecule has 0 fully saturated rings. The zero-order valence-corrected chi connectivity index (χ0v) is 42.8. The van der Waals surface area contributed by atoms with Gasteiger partial charge in [-0.3, -0.25) is 4.79 Å². The fourth-order valence-electron chi connectivity index (χ4n) is 3.77. The molecule has 4 atom stereocenters. The highest BCUT2D eigenvalue weighted by molar-refractivity contribution is 5.84. The molecule has 4 unspecified atom stereocenters. The van der Waals surface area contributed by atoms with Crippen molar-refractivity contribution in [1.29, 1.82) is 0 Å². The molecule has 0 bridgehead atoms. The molecule has 0 saturated carbocycles. The number of carbonyl (C=O) groups excluding carboxylic acids is 8. The Hall–Kier alpha value is -6.64. The second kappa shape index (κ2) is 50.3. The van der Waals surface area contributed by atoms with E-state index in [1.807, 2.05) is 20.8 Å². The van der Waals surface area contributed by atoms with Crippen LogP contribution >= 0.6 is 0 Å². The molecule has 0 aromatic rings. The highest BCUT2D eigenvalue weighted by Crippen LogP contribution is 2.28. The van der Waals surface area contributed by atoms with Gasteiger partial charge in [0, 0.05) is 30.7 Å². The van der Waals surface area contributed by atoms with Gasteiger partial charge >= 0.3 is 47.8 Å². The molecule has 0 rings (SSSR count). The zero-order valence-electron chi connectivity index (χ0n) is 42.8. The molecule has 24 nitrogen and oxygen atoms in total. The predicted octanol–water partition coefficient (Wildman–Crippen LogP) is 5.14. The molecule has 0 N–H and O–H groups in total. The molecule has 0 saturated heterocycles. The van der Waals surface area contributed by atoms with E-state index in [4.69, 9.17) is 52.9 Å². The number of unbranched alkanes of at least 4 members (excludes halogenated alkanes) is 1. The van der Waals surface area contributed by atoms with Crippen molar-refractivity contribution in [2.45, 2.75) is 72.2 Å². The maximum absolute atomic E-state index is 12.3. The van der Waals surface area contributed by atoms with E-state index in [-0.39, 0.29) is 85.2 Å². The summed E-state index contributed by atoms with van der Waals surface area (Å²) in [6.07, 6.45) is 7.71. The summed E-state index contributed by atoms with van der Waals surface area (Å²) in [5, 5.41) is 0. The van der Waals surface area contributed by atoms with E-state index in [0.29, 0.717) is 6.42 Å². The summed E-state index contributed by atoms with van der Waals surface area (Å²) >= 11 is 0. The highest BCUT2D eigenvalue weighted by atomic mass is 17.2. The van der Waals surface area contributed by atoms with Crippen LogP contribution in [0.3, 0.4) is 0 Å². The van der Waals surface area contributed by atoms with Crippen molar-refractivity contribution in [2.75, 3.05) is 80.0 Å². The van der Waals surface area contributed by atoms with Crippen molar-refractivity contribution in [3.8, 4) is 0 Å². The van der Waals surface area contributed by atoms with Crippen LogP contribution in [-0.4, -0.2) is 146 Å². The van der Waals surface area contributed by atoms with Crippen LogP contribution in [0.25, 0.3) is 0 Å². The lowest BCUT2D eigenvalue weighted by Gasteiger charge is -2.28. The summed E-state index contributed by atoms with van der Waals surface area (Å²) in [5.41, 5.74) is -1.35. The summed E-state index contributed by atoms with van der Waals surface area (Å²) in [6.45, 7) is 35.5. The number of rotatable bonds is 39. The molecule has 0 aromatic carbocycles. The summed E-state index contributed by atoms with van der Waals surface area (Å²) in [4.78, 5) is 129. The zero-order chi connectivity index (χ0) is 56.3. The fraction of sp³-hybridized carbons (Fsp3) is 0.510. The highest BCUT2D eigenvalue weighted by Gasteiger charge is 2.42. The summed E-state index contributed by atoms with van der Waals surface area (Å²) in [6, 6.07) is 0. The normalized spacial score (nSPS) is 11.9. The van der Waals surface area contributed by atoms with Gasteiger partial charge < -0.3 is 37.9 Å². The van der Waals surface area contributed by atoms with E-state index in [0.717, 1.165) is 30.7 Å². The predicted molar refractivity (Wildman–Crippen MR) is 258 cm³/mol. The molecule has 73 heavy (non-hydrogen) atoms. The van der Waals surface area contributed by atoms with Crippen LogP contribution in [-0.2, 0) is 115 Å². The standard InChI is InChI=1S/C18H28O8.C13H20O6.C11H16O6.C7H10O4/c1-6-9-11-23-16(20)14(26-25-10-7-2)12-18(4,17(21)22-5)13-24-15(19)8-3;1-5-7-18-19-11(9-16-12(14)6-2)13(15)17-8-10(3)4;1-4-7-16-17-9(11(13)14-6-3)8-15-10(12)5-2;1-3-5-10-11-6-9-7(8)4-2/h7-8,14H,2-3,6,9-13H2,1,4-5H3;5-6,10-11H,1-2,7-9H2,3-4H3;4-5,9H,1-2,6-8H2,3H3;3-4H,1-2,5-6H2. The number of ether oxygens (including phenoxy) is 8. The first-order chi connectivity index (χ1) is 34.8. The molecule has 0 aromatic heterocycles. The number of esters is 8. The van der Waals surface area contributed by atoms with Gasteiger partial charge in [-0.05, 0) is 26.2 Å². The van der Waals surface area contributed by atoms with Crippen molar-refractivity contribution in [2.24, 2.45) is 11.3 Å². The molecule has 0 amide bonds. The number of carbonyl (C=O) groups is 8. The van der Waals surface area contributed by atoms with Crippen molar-refractivity contribution in [1.82, 2.24) is 0 Å². The van der Waals surface area contributed by atoms with Crippen LogP contribution in [0.5, 0.6) is 0 Å². The molecular weight excluding hydrogens is 973 g/mol. The summed E-state index contributed by atoms with van der Waals surface area (Å²) in [5.74, 6) is -5.07. The molecule has 414 valence electrons. The number of methoxy groups -OCH3 is 1. The summed E-state index contributed by atoms with van der Waals surface area (Å²) < 4.78 is 38.3. The van der Waals surface area contributed by atoms with E-state index >= 15 is 0 Å². The third-order valence-electron chi connectivity index (χ3n) is 7.27. The topological polar surface area (TPSA) is 284 Å². The van der Waals surface area contributed by atoms with Crippen LogP contribution in [0.2, 0.25) is 0 Å². The minimum atomic E-state index is -1.35. The van der Waals surface area contributed by atoms with Crippen molar-refractivity contribution in [3.05, 3.63) is 101 Å². The first-order valence-corrected chi connectivity index (χ1v) is 22.1. The van der Waals surface area contributed by atoms with E-state index < -0.39 is 71.5 Å². The fourth-order valence-corrected chi connectivity index (χ4v) is 3.77. The van der Waals surface area contributed by atoms with Crippen LogP contribution in [0.1, 0.15) is 53.9 Å². The monoisotopic (exact) mass is 1050 g/mol. The van der Waals surface area contributed by atoms with Crippen LogP contribution in [0.4, 0.5) is 0 Å². The van der Waals surface area contributed by atoms with Gasteiger partial charge in [0.05, 0.1) is 26.9 Å². The van der Waals surface area contributed by atoms with Gasteiger partial charge in [-0.2, -0.15) is 4.89 Å². The second-order valence-corrected chi connectivity index (χ2v) is 14.0. The first kappa shape index (κ1) is 72.9. The maximum atomic E-state index is 12.3. The average Bonchev–Trinajstić information content (AvgIpc) is 3.38. The Kier molecular flexibility index (Phi) is 50.2. The van der Waals surface area contributed by atoms with Crippen molar-refractivity contribution in [3.63, 3.8) is 0 Å². The molecule has 0 aliphatic rings. The number of hydrogen-bond acceptors (Lipinski definition) is 24. The third kappa shape index (κ3) is 43.8. The Morgan fingerprint density at radius 1 is 0.493 bits per heavy atom. The Bertz CT molecular complexity index is 1670. The van der Waals surface area contributed by atoms with Gasteiger partial charge in [-0.25, -0.2) is 67.8 Å². The van der Waals surface area contributed by atoms with Gasteiger partial charge in [0.15, 0.2) is 6.10 Å². The summed E-state index contributed by atoms with van der Waals surface area (Å²) in [7, 11) is 1.19. The quantitative estimate of drug-likeness (QED) is 0.0113. The van der Waals surface area contributed by atoms with E-state index in [2.05, 4.69) is 76.8 Å². The maximum Gasteiger partial charge on any atom is 0.342 e. The molecule has 24 heteroatoms. The lowest BCUT2D eigenvalue weighted by molar-refractivity contribution is -0.322. The Balaban J connectivity index is -0.000000453. The molecule has 0 radical (unpaired) electrons. The van der Waals surface area contributed by atoms with Crippen molar-refractivity contribution >= 4 is 47.8 Å². The van der Waals surface area contributed by atoms with Gasteiger partial charge in [0.2, 0.25) is 19.0 Å². The van der Waals surface area contributed by atoms with E-state index in [1.54, 1.807) is 6.92 Å². The van der Waals surface area contributed by atoms with E-state index in [9.17, 15) is 38.4 Å². The van der Waals surface area contributed by atoms with Crippen LogP contribution in [0, 0.1) is 11.3 Å². The van der Waals surface area contributed by atoms with Gasteiger partial charge in [0.1, 0.15) is 51.7 Å². The van der Waals surface area contributed by atoms with Gasteiger partial charge in [0.25, 0.3) is 0 Å². The Labute approximate surface area is 427 Å². The number of hydrogen-bond donors (Lipinski definition) is 0. The minimum absolute atomic E-state index is 0.0408. The minimum Gasteiger partial charge on any atom is -0.468 e. The van der Waals surface area contributed by atoms with Gasteiger partial charge in [-0.1, -0.05) is 77.8 Å². The molecular formula is C49H74O24. The van der Waals surface area contributed by atoms with Gasteiger partial charge in [-0.15, -0.1) is 26.3 Å². The molecule has 0 aliphatic carbocycles. The van der Waals surface area contributed by atoms with Crippen molar-refractivity contribution < 1.29 is 115 Å². The van der Waals surface area contributed by atoms with E-state index in [1.165, 1.54) is 38.3 Å². The smallest absolute Gasteiger partial charge is 0.342 e. The lowest BCUT2D eigenvalue weighted by atomic mass is 9.85. The largest absolute Gasteiger partial charge is 0.468 e. The molecule has 0 spiro atoms. The molecule has 0 heterocycles. The van der Waals surface area contributed by atoms with Crippen LogP contribution in [0.15, 0.2) is 101 Å². The average molecular weight is 1050 g/mol. The molecule has 0 aliphatic heterocycles. The lowest BCUT2D eigenvalue weighted by Crippen LogP contribution is -2.41. The Morgan fingerprint density at radius 2 is 0.904 bits per heavy atom. The second-order valence-electron chi connectivity index (χ2n) is 14.0. The van der Waals surface area contributed by atoms with Crippen LogP contribution < -0.4 is 0 Å². The Morgan fingerprint density at radius 3 is 1.32 bits per heavy atom. The third-order valence-corrected chi connectivity index (χ3v) is 7.27. The first-order valence-electron chi connectivity index (χ1n) is 22.1. The SMILES string of the molecule is C=CCOOC(CC(C)(COC(=O)C=C)C(=O)OC)C(=O)OCCCC.C=CCOOC(COC(=O)C=C)C(=O)OCC.C=CCOOC(COC(=O)C=C)C(=O)OCC(C)C.C=CCOOCOC(=O)C=C.